The second-order valence-electron chi connectivity index (χ2n) is 10.7. The van der Waals surface area contributed by atoms with Crippen molar-refractivity contribution in [1.29, 1.82) is 0 Å². The van der Waals surface area contributed by atoms with Crippen molar-refractivity contribution in [3.63, 3.8) is 0 Å². The maximum Gasteiger partial charge on any atom is 0.136 e. The summed E-state index contributed by atoms with van der Waals surface area (Å²) in [6.45, 7) is 0. The van der Waals surface area contributed by atoms with Crippen LogP contribution in [0.2, 0.25) is 0 Å². The predicted molar refractivity (Wildman–Crippen MR) is 192 cm³/mol. The summed E-state index contributed by atoms with van der Waals surface area (Å²) in [5.41, 5.74) is -1.34. The van der Waals surface area contributed by atoms with Gasteiger partial charge in [-0.25, -0.2) is 0 Å². The molecule has 10 aromatic rings. The van der Waals surface area contributed by atoms with Crippen LogP contribution in [0, 0.1) is 0 Å². The van der Waals surface area contributed by atoms with Crippen molar-refractivity contribution >= 4 is 75.8 Å². The normalized spacial score (nSPS) is 17.3. The van der Waals surface area contributed by atoms with Crippen LogP contribution in [-0.4, -0.2) is 0 Å². The molecule has 0 unspecified atom stereocenters. The molecule has 10 rings (SSSR count). The number of fused-ring (bicyclic) bond motifs is 10. The molecular weight excluding hydrogens is 544 g/mol. The molecule has 208 valence electrons. The van der Waals surface area contributed by atoms with E-state index in [1.165, 1.54) is 0 Å². The number of hydrogen-bond donors (Lipinski definition) is 0. The molecule has 0 aliphatic carbocycles. The van der Waals surface area contributed by atoms with Crippen LogP contribution in [0.5, 0.6) is 0 Å². The van der Waals surface area contributed by atoms with Crippen molar-refractivity contribution in [1.82, 2.24) is 0 Å². The van der Waals surface area contributed by atoms with Crippen LogP contribution in [0.4, 0.5) is 0 Å². The molecule has 0 amide bonds. The fraction of sp³-hybridized carbons (Fsp3) is 0. The summed E-state index contributed by atoms with van der Waals surface area (Å²) < 4.78 is 159. The van der Waals surface area contributed by atoms with E-state index in [1.54, 1.807) is 12.1 Å². The number of furan rings is 1. The van der Waals surface area contributed by atoms with Crippen molar-refractivity contribution in [2.24, 2.45) is 0 Å². The van der Waals surface area contributed by atoms with Gasteiger partial charge in [0.2, 0.25) is 0 Å². The lowest BCUT2D eigenvalue weighted by atomic mass is 9.85. The number of rotatable bonds is 2. The maximum absolute atomic E-state index is 9.85. The monoisotopic (exact) mass is 587 g/mol. The standard InChI is InChI=1S/C44H26O/c1-3-11-32-27(9-1)17-18-29-25-30(19-22-33(29)32)42-35-13-5-7-15-37(35)43(38-16-8-6-14-36(38)42)31-21-23-40-39(26-31)44-34-12-4-2-10-28(34)20-24-41(44)45-40/h1-26H/i2D,4D,5D,6D,7D,8D,10D,12D,13D,14D,15D,16D,20D,21D,23D,24D,26D. The minimum absolute atomic E-state index is 0.0376. The Balaban J connectivity index is 1.48. The van der Waals surface area contributed by atoms with Crippen LogP contribution < -0.4 is 0 Å². The average molecular weight is 588 g/mol. The van der Waals surface area contributed by atoms with Gasteiger partial charge in [-0.15, -0.1) is 0 Å². The number of benzene rings is 9. The molecule has 9 aromatic carbocycles. The Morgan fingerprint density at radius 3 is 1.80 bits per heavy atom. The van der Waals surface area contributed by atoms with E-state index in [1.807, 2.05) is 42.5 Å². The Morgan fingerprint density at radius 2 is 1.02 bits per heavy atom. The van der Waals surface area contributed by atoms with Gasteiger partial charge in [-0.3, -0.25) is 0 Å². The third-order valence-corrected chi connectivity index (χ3v) is 8.36. The molecule has 1 nitrogen and oxygen atoms in total. The minimum Gasteiger partial charge on any atom is -0.456 e. The molecule has 0 fully saturated rings. The Hall–Kier alpha value is -5.92. The number of hydrogen-bond acceptors (Lipinski definition) is 1. The van der Waals surface area contributed by atoms with Crippen LogP contribution in [-0.2, 0) is 0 Å². The molecule has 0 radical (unpaired) electrons. The summed E-state index contributed by atoms with van der Waals surface area (Å²) in [7, 11) is 0. The lowest BCUT2D eigenvalue weighted by Crippen LogP contribution is -1.91. The van der Waals surface area contributed by atoms with E-state index in [4.69, 9.17) is 18.1 Å². The fourth-order valence-corrected chi connectivity index (χ4v) is 6.41. The Morgan fingerprint density at radius 1 is 0.400 bits per heavy atom. The molecule has 0 saturated heterocycles. The van der Waals surface area contributed by atoms with Crippen LogP contribution in [0.3, 0.4) is 0 Å². The molecule has 1 aromatic heterocycles. The molecule has 0 spiro atoms. The van der Waals surface area contributed by atoms with Crippen LogP contribution in [0.1, 0.15) is 23.3 Å². The van der Waals surface area contributed by atoms with Crippen molar-refractivity contribution < 1.29 is 27.7 Å². The molecule has 0 N–H and O–H groups in total. The summed E-state index contributed by atoms with van der Waals surface area (Å²) in [6, 6.07) is 5.64. The van der Waals surface area contributed by atoms with E-state index < -0.39 is 119 Å². The molecule has 1 heteroatoms. The van der Waals surface area contributed by atoms with Crippen molar-refractivity contribution in [2.75, 3.05) is 0 Å². The molecular formula is C44H26O. The highest BCUT2D eigenvalue weighted by atomic mass is 16.3. The molecule has 1 heterocycles. The van der Waals surface area contributed by atoms with Gasteiger partial charge in [0.05, 0.1) is 23.3 Å². The highest BCUT2D eigenvalue weighted by molar-refractivity contribution is 6.24. The van der Waals surface area contributed by atoms with Crippen LogP contribution >= 0.6 is 0 Å². The SMILES string of the molecule is [2H]c1c(-c2c3c([2H])c([2H])c([2H])c([2H])c3c(-c3ccc4c(ccc5ccccc54)c3)c3c([2H])c([2H])c([2H])c([2H])c23)c([2H])c2c(oc3c([2H])c([2H])c4c([2H])c([2H])c([2H])c([2H])c4c32)c1[2H]. The maximum atomic E-state index is 9.85. The van der Waals surface area contributed by atoms with E-state index in [0.717, 1.165) is 21.5 Å². The summed E-state index contributed by atoms with van der Waals surface area (Å²) in [5.74, 6) is 0. The highest BCUT2D eigenvalue weighted by Gasteiger charge is 2.18. The van der Waals surface area contributed by atoms with Crippen molar-refractivity contribution in [2.45, 2.75) is 0 Å². The summed E-state index contributed by atoms with van der Waals surface area (Å²) in [5, 5.41) is 1.31. The third kappa shape index (κ3) is 3.56. The van der Waals surface area contributed by atoms with Gasteiger partial charge in [0.25, 0.3) is 0 Å². The van der Waals surface area contributed by atoms with E-state index in [0.29, 0.717) is 5.56 Å². The first-order valence-electron chi connectivity index (χ1n) is 22.6. The van der Waals surface area contributed by atoms with E-state index in [-0.39, 0.29) is 54.2 Å². The Labute approximate surface area is 283 Å². The van der Waals surface area contributed by atoms with Gasteiger partial charge in [0, 0.05) is 10.8 Å². The smallest absolute Gasteiger partial charge is 0.136 e. The first-order chi connectivity index (χ1) is 29.4. The zero-order valence-electron chi connectivity index (χ0n) is 40.1. The minimum atomic E-state index is -0.738. The van der Waals surface area contributed by atoms with Crippen molar-refractivity contribution in [3.8, 4) is 22.3 Å². The van der Waals surface area contributed by atoms with Crippen LogP contribution in [0.15, 0.2) is 162 Å². The van der Waals surface area contributed by atoms with Crippen LogP contribution in [0.25, 0.3) is 98.1 Å². The zero-order valence-corrected chi connectivity index (χ0v) is 23.1. The average Bonchev–Trinajstić information content (AvgIpc) is 3.68. The van der Waals surface area contributed by atoms with Crippen molar-refractivity contribution in [3.05, 3.63) is 157 Å². The summed E-state index contributed by atoms with van der Waals surface area (Å²) in [4.78, 5) is 0. The lowest BCUT2D eigenvalue weighted by Gasteiger charge is -2.18. The predicted octanol–water partition coefficient (Wildman–Crippen LogP) is 12.7. The van der Waals surface area contributed by atoms with E-state index in [2.05, 4.69) is 0 Å². The highest BCUT2D eigenvalue weighted by Crippen LogP contribution is 2.46. The largest absolute Gasteiger partial charge is 0.456 e. The molecule has 0 saturated carbocycles. The van der Waals surface area contributed by atoms with E-state index >= 15 is 0 Å². The Kier molecular flexibility index (Phi) is 2.76. The third-order valence-electron chi connectivity index (χ3n) is 8.36. The first-order valence-corrected chi connectivity index (χ1v) is 14.1. The van der Waals surface area contributed by atoms with Gasteiger partial charge in [0.15, 0.2) is 0 Å². The zero-order chi connectivity index (χ0) is 44.3. The second-order valence-corrected chi connectivity index (χ2v) is 10.7. The molecule has 0 aliphatic rings. The van der Waals surface area contributed by atoms with Gasteiger partial charge in [0.1, 0.15) is 11.2 Å². The topological polar surface area (TPSA) is 13.1 Å². The molecule has 0 aliphatic heterocycles. The summed E-state index contributed by atoms with van der Waals surface area (Å²) in [6.07, 6.45) is 0. The second kappa shape index (κ2) is 9.29. The van der Waals surface area contributed by atoms with Gasteiger partial charge < -0.3 is 4.42 Å². The fourth-order valence-electron chi connectivity index (χ4n) is 6.41. The van der Waals surface area contributed by atoms with Gasteiger partial charge in [-0.1, -0.05) is 133 Å². The summed E-state index contributed by atoms with van der Waals surface area (Å²) >= 11 is 0. The van der Waals surface area contributed by atoms with Gasteiger partial charge >= 0.3 is 0 Å². The van der Waals surface area contributed by atoms with Gasteiger partial charge in [-0.05, 0) is 100 Å². The molecule has 0 atom stereocenters. The van der Waals surface area contributed by atoms with E-state index in [9.17, 15) is 9.60 Å². The molecule has 0 bridgehead atoms. The first kappa shape index (κ1) is 13.4. The van der Waals surface area contributed by atoms with Gasteiger partial charge in [-0.2, -0.15) is 0 Å². The lowest BCUT2D eigenvalue weighted by molar-refractivity contribution is 0.669. The Bertz CT molecular complexity index is 3700. The quantitative estimate of drug-likeness (QED) is 0.145. The molecule has 45 heavy (non-hydrogen) atoms.